The number of likely N-dealkylation sites (N-methyl/N-ethyl adjacent to an activating group) is 2. The van der Waals surface area contributed by atoms with Gasteiger partial charge in [0.15, 0.2) is 6.61 Å². The van der Waals surface area contributed by atoms with Crippen molar-refractivity contribution in [3.63, 3.8) is 0 Å². The Balaban J connectivity index is 1.38. The standard InChI is InChI=1S/C51H63Cl2F3N8O8/c1-31-49(68)59-40(29-70-7)50(69)61(4)36(22-32-12-16-34(52)17-13-32)25-46(65)58-39-10-8-9-11-41(39)63(6)47(66)20-21-48(67)64(31)27-38-43(71-30-51(54,55)56)23-35(53)24-44(38)72-37-18-14-33(15-19-37)42-26-57-45(62(42)5)28-60(2)3/h12-19,23-24,26,31,36,39-41H,8-11,20-22,25,27-30H2,1-7H3,(H,58,65)(H,59,68)/t31-,36-,39-,40-,41-/m0/s1. The van der Waals surface area contributed by atoms with Gasteiger partial charge in [0.25, 0.3) is 0 Å². The van der Waals surface area contributed by atoms with Crippen LogP contribution >= 0.6 is 23.2 Å². The summed E-state index contributed by atoms with van der Waals surface area (Å²) in [5.41, 5.74) is 2.34. The second-order valence-corrected chi connectivity index (χ2v) is 19.5. The van der Waals surface area contributed by atoms with Gasteiger partial charge in [-0.2, -0.15) is 13.2 Å². The molecule has 3 aromatic carbocycles. The molecule has 0 unspecified atom stereocenters. The van der Waals surface area contributed by atoms with Crippen LogP contribution in [0.5, 0.6) is 17.2 Å². The monoisotopic (exact) mass is 1040 g/mol. The predicted molar refractivity (Wildman–Crippen MR) is 265 cm³/mol. The summed E-state index contributed by atoms with van der Waals surface area (Å²) < 4.78 is 60.5. The molecule has 21 heteroatoms. The van der Waals surface area contributed by atoms with E-state index in [0.29, 0.717) is 24.4 Å². The number of nitrogens with zero attached hydrogens (tertiary/aromatic N) is 6. The lowest BCUT2D eigenvalue weighted by Gasteiger charge is -2.39. The molecule has 0 radical (unpaired) electrons. The van der Waals surface area contributed by atoms with E-state index in [0.717, 1.165) is 46.5 Å². The molecule has 5 atom stereocenters. The van der Waals surface area contributed by atoms with Crippen molar-refractivity contribution in [1.29, 1.82) is 0 Å². The highest BCUT2D eigenvalue weighted by Gasteiger charge is 2.38. The van der Waals surface area contributed by atoms with E-state index in [1.165, 1.54) is 36.9 Å². The molecule has 4 aromatic rings. The molecule has 5 amide bonds. The highest BCUT2D eigenvalue weighted by molar-refractivity contribution is 6.31. The molecule has 2 heterocycles. The summed E-state index contributed by atoms with van der Waals surface area (Å²) in [7, 11) is 10.3. The Morgan fingerprint density at radius 3 is 2.18 bits per heavy atom. The van der Waals surface area contributed by atoms with Crippen molar-refractivity contribution < 1.29 is 51.4 Å². The van der Waals surface area contributed by atoms with Gasteiger partial charge in [0.05, 0.1) is 43.2 Å². The quantitative estimate of drug-likeness (QED) is 0.140. The highest BCUT2D eigenvalue weighted by Crippen LogP contribution is 2.39. The third-order valence-electron chi connectivity index (χ3n) is 13.1. The topological polar surface area (TPSA) is 168 Å². The molecular formula is C51H63Cl2F3N8O8. The zero-order chi connectivity index (χ0) is 52.4. The number of aromatic nitrogens is 2. The van der Waals surface area contributed by atoms with E-state index < -0.39 is 79.6 Å². The van der Waals surface area contributed by atoms with Gasteiger partial charge in [-0.15, -0.1) is 0 Å². The number of fused-ring (bicyclic) bond motifs is 1. The SMILES string of the molecule is COC[C@@H]1NC(=O)[C@H](C)N(Cc2c(OCC(F)(F)F)cc(Cl)cc2Oc2ccc(-c3cnc(CN(C)C)n3C)cc2)C(=O)CCC(=O)N(C)[C@H]2CCCC[C@@H]2NC(=O)C[C@H](Cc2ccc(Cl)cc2)N(C)C1=O. The van der Waals surface area contributed by atoms with Crippen LogP contribution in [0.4, 0.5) is 13.2 Å². The molecule has 0 spiro atoms. The molecule has 1 saturated heterocycles. The third kappa shape index (κ3) is 14.6. The second kappa shape index (κ2) is 24.7. The fourth-order valence-electron chi connectivity index (χ4n) is 9.08. The first-order chi connectivity index (χ1) is 34.1. The fraction of sp³-hybridized carbons (Fsp3) is 0.490. The average molecular weight is 1040 g/mol. The van der Waals surface area contributed by atoms with E-state index in [1.807, 2.05) is 30.6 Å². The number of nitrogens with one attached hydrogen (secondary N) is 2. The lowest BCUT2D eigenvalue weighted by Crippen LogP contribution is -2.58. The van der Waals surface area contributed by atoms with Crippen LogP contribution in [-0.2, 0) is 55.3 Å². The second-order valence-electron chi connectivity index (χ2n) is 18.6. The largest absolute Gasteiger partial charge is 0.484 e. The van der Waals surface area contributed by atoms with Crippen molar-refractivity contribution in [3.05, 3.63) is 93.9 Å². The maximum absolute atomic E-state index is 14.6. The summed E-state index contributed by atoms with van der Waals surface area (Å²) in [4.78, 5) is 82.1. The van der Waals surface area contributed by atoms with Gasteiger partial charge in [0.1, 0.15) is 35.2 Å². The van der Waals surface area contributed by atoms with Gasteiger partial charge in [-0.25, -0.2) is 4.98 Å². The lowest BCUT2D eigenvalue weighted by atomic mass is 9.88. The first-order valence-corrected chi connectivity index (χ1v) is 24.5. The van der Waals surface area contributed by atoms with E-state index in [4.69, 9.17) is 37.4 Å². The number of imidazole rings is 1. The van der Waals surface area contributed by atoms with E-state index in [1.54, 1.807) is 61.8 Å². The number of amides is 5. The number of ether oxygens (including phenoxy) is 3. The molecule has 0 bridgehead atoms. The van der Waals surface area contributed by atoms with Crippen LogP contribution in [0.2, 0.25) is 10.0 Å². The summed E-state index contributed by atoms with van der Waals surface area (Å²) in [5, 5.41) is 6.30. The van der Waals surface area contributed by atoms with Crippen molar-refractivity contribution in [2.75, 3.05) is 48.5 Å². The Kier molecular flexibility index (Phi) is 19.0. The van der Waals surface area contributed by atoms with Crippen LogP contribution in [0, 0.1) is 0 Å². The van der Waals surface area contributed by atoms with Crippen LogP contribution in [0.15, 0.2) is 66.9 Å². The van der Waals surface area contributed by atoms with Crippen LogP contribution in [0.1, 0.15) is 68.8 Å². The zero-order valence-electron chi connectivity index (χ0n) is 41.6. The number of benzene rings is 3. The summed E-state index contributed by atoms with van der Waals surface area (Å²) >= 11 is 12.7. The maximum Gasteiger partial charge on any atom is 0.422 e. The van der Waals surface area contributed by atoms with Gasteiger partial charge in [0, 0.05) is 81.3 Å². The molecule has 2 fully saturated rings. The van der Waals surface area contributed by atoms with Crippen LogP contribution < -0.4 is 20.1 Å². The number of rotatable bonds is 13. The number of halogens is 5. The minimum Gasteiger partial charge on any atom is -0.484 e. The summed E-state index contributed by atoms with van der Waals surface area (Å²) in [6.45, 7) is -0.595. The van der Waals surface area contributed by atoms with Crippen LogP contribution in [0.3, 0.4) is 0 Å². The molecule has 1 saturated carbocycles. The lowest BCUT2D eigenvalue weighted by molar-refractivity contribution is -0.153. The van der Waals surface area contributed by atoms with Gasteiger partial charge in [-0.3, -0.25) is 24.0 Å². The third-order valence-corrected chi connectivity index (χ3v) is 13.6. The average Bonchev–Trinajstić information content (AvgIpc) is 3.69. The molecule has 1 aliphatic heterocycles. The predicted octanol–water partition coefficient (Wildman–Crippen LogP) is 7.18. The highest BCUT2D eigenvalue weighted by atomic mass is 35.5. The number of alkyl halides is 3. The Labute approximate surface area is 428 Å². The summed E-state index contributed by atoms with van der Waals surface area (Å²) in [6, 6.07) is 12.1. The zero-order valence-corrected chi connectivity index (χ0v) is 43.1. The summed E-state index contributed by atoms with van der Waals surface area (Å²) in [5.74, 6) is -2.25. The van der Waals surface area contributed by atoms with Gasteiger partial charge in [-0.05, 0) is 88.3 Å². The molecular weight excluding hydrogens is 981 g/mol. The van der Waals surface area contributed by atoms with Gasteiger partial charge >= 0.3 is 6.18 Å². The molecule has 2 N–H and O–H groups in total. The van der Waals surface area contributed by atoms with E-state index in [-0.39, 0.29) is 59.6 Å². The van der Waals surface area contributed by atoms with Gasteiger partial charge < -0.3 is 49.0 Å². The Hall–Kier alpha value is -5.89. The number of carbonyl (C=O) groups excluding carboxylic acids is 5. The number of hydrogen-bond donors (Lipinski definition) is 2. The maximum atomic E-state index is 14.6. The molecule has 2 aliphatic rings. The Morgan fingerprint density at radius 2 is 1.51 bits per heavy atom. The van der Waals surface area contributed by atoms with Crippen molar-refractivity contribution in [3.8, 4) is 28.5 Å². The van der Waals surface area contributed by atoms with Crippen molar-refractivity contribution in [2.24, 2.45) is 7.05 Å². The van der Waals surface area contributed by atoms with Crippen molar-refractivity contribution in [2.45, 2.75) is 108 Å². The van der Waals surface area contributed by atoms with E-state index >= 15 is 0 Å². The molecule has 1 aromatic heterocycles. The smallest absolute Gasteiger partial charge is 0.422 e. The Morgan fingerprint density at radius 1 is 0.847 bits per heavy atom. The van der Waals surface area contributed by atoms with E-state index in [9.17, 15) is 37.1 Å². The van der Waals surface area contributed by atoms with Crippen molar-refractivity contribution >= 4 is 52.7 Å². The number of carbonyl (C=O) groups is 5. The Bertz CT molecular complexity index is 2550. The number of methoxy groups -OCH3 is 1. The van der Waals surface area contributed by atoms with Crippen LogP contribution in [-0.4, -0.2) is 144 Å². The minimum absolute atomic E-state index is 0.0482. The minimum atomic E-state index is -4.78. The van der Waals surface area contributed by atoms with E-state index in [2.05, 4.69) is 15.6 Å². The molecule has 72 heavy (non-hydrogen) atoms. The molecule has 1 aliphatic carbocycles. The van der Waals surface area contributed by atoms with Crippen LogP contribution in [0.25, 0.3) is 11.3 Å². The van der Waals surface area contributed by atoms with Gasteiger partial charge in [-0.1, -0.05) is 48.2 Å². The fourth-order valence-corrected chi connectivity index (χ4v) is 9.41. The summed E-state index contributed by atoms with van der Waals surface area (Å²) in [6.07, 6.45) is -0.872. The number of hydrogen-bond acceptors (Lipinski definition) is 10. The first-order valence-electron chi connectivity index (χ1n) is 23.7. The van der Waals surface area contributed by atoms with Crippen molar-refractivity contribution in [1.82, 2.24) is 39.8 Å². The van der Waals surface area contributed by atoms with Gasteiger partial charge in [0.2, 0.25) is 29.5 Å². The molecule has 16 nitrogen and oxygen atoms in total. The normalized spacial score (nSPS) is 21.3. The first kappa shape index (κ1) is 55.4. The molecule has 6 rings (SSSR count). The molecule has 390 valence electrons.